The summed E-state index contributed by atoms with van der Waals surface area (Å²) in [6.07, 6.45) is 1.85. The van der Waals surface area contributed by atoms with E-state index in [2.05, 4.69) is 6.07 Å². The number of rotatable bonds is 4. The predicted octanol–water partition coefficient (Wildman–Crippen LogP) is 5.09. The molecule has 0 atom stereocenters. The smallest absolute Gasteiger partial charge is 0.282 e. The number of anilines is 2. The molecule has 5 rings (SSSR count). The van der Waals surface area contributed by atoms with E-state index < -0.39 is 0 Å². The van der Waals surface area contributed by atoms with Crippen LogP contribution in [0.15, 0.2) is 78.5 Å². The molecule has 0 aromatic heterocycles. The summed E-state index contributed by atoms with van der Waals surface area (Å²) in [5, 5.41) is 0.572. The first-order chi connectivity index (χ1) is 15.6. The highest BCUT2D eigenvalue weighted by Crippen LogP contribution is 2.39. The number of carbonyl (C=O) groups excluding carboxylic acids is 2. The molecule has 160 valence electrons. The summed E-state index contributed by atoms with van der Waals surface area (Å²) >= 11 is 6.09. The molecule has 3 aromatic rings. The first-order valence-electron chi connectivity index (χ1n) is 10.5. The second-order valence-electron chi connectivity index (χ2n) is 7.76. The molecule has 0 unspecified atom stereocenters. The van der Waals surface area contributed by atoms with E-state index in [0.717, 1.165) is 18.5 Å². The Bertz CT molecular complexity index is 1230. The van der Waals surface area contributed by atoms with Crippen LogP contribution in [0.1, 0.15) is 17.5 Å². The van der Waals surface area contributed by atoms with Gasteiger partial charge in [0.05, 0.1) is 18.4 Å². The van der Waals surface area contributed by atoms with Crippen LogP contribution < -0.4 is 14.5 Å². The SMILES string of the molecule is COc1ccc(N2C(=O)C(c3ccc(Cl)cc3)=C(N3CCCc4ccccc43)C2=O)cc1. The number of methoxy groups -OCH3 is 1. The Morgan fingerprint density at radius 3 is 2.31 bits per heavy atom. The highest BCUT2D eigenvalue weighted by Gasteiger charge is 2.43. The van der Waals surface area contributed by atoms with Crippen LogP contribution in [-0.4, -0.2) is 25.5 Å². The monoisotopic (exact) mass is 444 g/mol. The van der Waals surface area contributed by atoms with Crippen LogP contribution in [0, 0.1) is 0 Å². The summed E-state index contributed by atoms with van der Waals surface area (Å²) in [6.45, 7) is 0.666. The number of carbonyl (C=O) groups is 2. The maximum Gasteiger partial charge on any atom is 0.282 e. The van der Waals surface area contributed by atoms with Crippen LogP contribution in [0.25, 0.3) is 5.57 Å². The molecule has 2 aliphatic rings. The van der Waals surface area contributed by atoms with Crippen molar-refractivity contribution in [1.29, 1.82) is 0 Å². The second kappa shape index (κ2) is 8.17. The van der Waals surface area contributed by atoms with Crippen LogP contribution >= 0.6 is 11.6 Å². The third-order valence-electron chi connectivity index (χ3n) is 5.90. The molecule has 0 N–H and O–H groups in total. The van der Waals surface area contributed by atoms with Gasteiger partial charge in [0.25, 0.3) is 11.8 Å². The zero-order valence-corrected chi connectivity index (χ0v) is 18.3. The van der Waals surface area contributed by atoms with Crippen molar-refractivity contribution in [3.05, 3.63) is 94.6 Å². The van der Waals surface area contributed by atoms with Gasteiger partial charge in [0, 0.05) is 17.3 Å². The number of benzene rings is 3. The van der Waals surface area contributed by atoms with Crippen LogP contribution in [0.4, 0.5) is 11.4 Å². The summed E-state index contributed by atoms with van der Waals surface area (Å²) in [5.74, 6) is -0.0220. The molecule has 2 aliphatic heterocycles. The van der Waals surface area contributed by atoms with Gasteiger partial charge in [-0.1, -0.05) is 41.9 Å². The van der Waals surface area contributed by atoms with Crippen LogP contribution in [-0.2, 0) is 16.0 Å². The molecule has 2 heterocycles. The van der Waals surface area contributed by atoms with Gasteiger partial charge in [0.2, 0.25) is 0 Å². The van der Waals surface area contributed by atoms with E-state index >= 15 is 0 Å². The number of hydrogen-bond acceptors (Lipinski definition) is 4. The molecule has 32 heavy (non-hydrogen) atoms. The van der Waals surface area contributed by atoms with Gasteiger partial charge < -0.3 is 9.64 Å². The van der Waals surface area contributed by atoms with Gasteiger partial charge in [-0.05, 0) is 66.4 Å². The Morgan fingerprint density at radius 1 is 0.875 bits per heavy atom. The largest absolute Gasteiger partial charge is 0.497 e. The number of amides is 2. The molecular weight excluding hydrogens is 424 g/mol. The molecule has 5 nitrogen and oxygen atoms in total. The minimum absolute atomic E-state index is 0.332. The molecule has 0 aliphatic carbocycles. The maximum atomic E-state index is 13.8. The summed E-state index contributed by atoms with van der Waals surface area (Å²) in [7, 11) is 1.58. The molecule has 0 saturated carbocycles. The molecule has 0 radical (unpaired) electrons. The number of para-hydroxylation sites is 1. The van der Waals surface area contributed by atoms with E-state index in [1.165, 1.54) is 10.5 Å². The van der Waals surface area contributed by atoms with Gasteiger partial charge in [-0.2, -0.15) is 0 Å². The zero-order chi connectivity index (χ0) is 22.2. The zero-order valence-electron chi connectivity index (χ0n) is 17.5. The van der Waals surface area contributed by atoms with Crippen molar-refractivity contribution in [1.82, 2.24) is 0 Å². The lowest BCUT2D eigenvalue weighted by Gasteiger charge is -2.32. The Labute approximate surface area is 191 Å². The lowest BCUT2D eigenvalue weighted by Crippen LogP contribution is -2.37. The minimum atomic E-state index is -0.347. The fraction of sp³-hybridized carbons (Fsp3) is 0.154. The first kappa shape index (κ1) is 20.3. The van der Waals surface area contributed by atoms with Gasteiger partial charge >= 0.3 is 0 Å². The Morgan fingerprint density at radius 2 is 1.59 bits per heavy atom. The molecule has 0 saturated heterocycles. The van der Waals surface area contributed by atoms with Crippen molar-refractivity contribution in [2.24, 2.45) is 0 Å². The summed E-state index contributed by atoms with van der Waals surface area (Å²) in [6, 6.07) is 22.0. The molecule has 0 spiro atoms. The van der Waals surface area contributed by atoms with E-state index in [1.54, 1.807) is 55.6 Å². The lowest BCUT2D eigenvalue weighted by atomic mass is 9.98. The van der Waals surface area contributed by atoms with Crippen LogP contribution in [0.3, 0.4) is 0 Å². The van der Waals surface area contributed by atoms with E-state index in [-0.39, 0.29) is 11.8 Å². The third-order valence-corrected chi connectivity index (χ3v) is 6.16. The van der Waals surface area contributed by atoms with Crippen LogP contribution in [0.5, 0.6) is 5.75 Å². The molecule has 3 aromatic carbocycles. The van der Waals surface area contributed by atoms with Crippen molar-refractivity contribution in [2.75, 3.05) is 23.5 Å². The minimum Gasteiger partial charge on any atom is -0.497 e. The number of halogens is 1. The van der Waals surface area contributed by atoms with Crippen molar-refractivity contribution in [2.45, 2.75) is 12.8 Å². The Kier molecular flexibility index (Phi) is 5.19. The van der Waals surface area contributed by atoms with E-state index in [9.17, 15) is 9.59 Å². The lowest BCUT2D eigenvalue weighted by molar-refractivity contribution is -0.120. The van der Waals surface area contributed by atoms with E-state index in [1.807, 2.05) is 23.1 Å². The number of aryl methyl sites for hydroxylation is 1. The molecule has 2 amide bonds. The van der Waals surface area contributed by atoms with Crippen LogP contribution in [0.2, 0.25) is 5.02 Å². The number of hydrogen-bond donors (Lipinski definition) is 0. The first-order valence-corrected chi connectivity index (χ1v) is 10.8. The third kappa shape index (κ3) is 3.35. The van der Waals surface area contributed by atoms with Gasteiger partial charge in [-0.15, -0.1) is 0 Å². The summed E-state index contributed by atoms with van der Waals surface area (Å²) in [5.41, 5.74) is 4.11. The summed E-state index contributed by atoms with van der Waals surface area (Å²) in [4.78, 5) is 30.7. The van der Waals surface area contributed by atoms with Crippen molar-refractivity contribution >= 4 is 40.4 Å². The fourth-order valence-electron chi connectivity index (χ4n) is 4.38. The second-order valence-corrected chi connectivity index (χ2v) is 8.19. The number of nitrogens with zero attached hydrogens (tertiary/aromatic N) is 2. The standard InChI is InChI=1S/C26H21ClN2O3/c1-32-21-14-12-20(13-15-21)29-25(30)23(18-8-10-19(27)11-9-18)24(26(29)31)28-16-4-6-17-5-2-3-7-22(17)28/h2-3,5,7-15H,4,6,16H2,1H3. The van der Waals surface area contributed by atoms with Gasteiger partial charge in [0.15, 0.2) is 0 Å². The highest BCUT2D eigenvalue weighted by molar-refractivity contribution is 6.46. The van der Waals surface area contributed by atoms with Gasteiger partial charge in [-0.25, -0.2) is 4.90 Å². The van der Waals surface area contributed by atoms with Gasteiger partial charge in [0.1, 0.15) is 11.4 Å². The number of imide groups is 1. The van der Waals surface area contributed by atoms with E-state index in [4.69, 9.17) is 16.3 Å². The van der Waals surface area contributed by atoms with Crippen molar-refractivity contribution in [3.8, 4) is 5.75 Å². The molecule has 6 heteroatoms. The Balaban J connectivity index is 1.67. The highest BCUT2D eigenvalue weighted by atomic mass is 35.5. The fourth-order valence-corrected chi connectivity index (χ4v) is 4.50. The number of ether oxygens (including phenoxy) is 1. The average molecular weight is 445 g/mol. The molecule has 0 fully saturated rings. The van der Waals surface area contributed by atoms with Crippen molar-refractivity contribution < 1.29 is 14.3 Å². The molecule has 0 bridgehead atoms. The predicted molar refractivity (Wildman–Crippen MR) is 126 cm³/mol. The summed E-state index contributed by atoms with van der Waals surface area (Å²) < 4.78 is 5.22. The van der Waals surface area contributed by atoms with Gasteiger partial charge in [-0.3, -0.25) is 9.59 Å². The van der Waals surface area contributed by atoms with E-state index in [0.29, 0.717) is 39.8 Å². The Hall–Kier alpha value is -3.57. The average Bonchev–Trinajstić information content (AvgIpc) is 3.09. The van der Waals surface area contributed by atoms with Crippen molar-refractivity contribution in [3.63, 3.8) is 0 Å². The molecular formula is C26H21ClN2O3. The maximum absolute atomic E-state index is 13.8. The normalized spacial score (nSPS) is 15.9. The topological polar surface area (TPSA) is 49.9 Å². The quantitative estimate of drug-likeness (QED) is 0.526. The number of fused-ring (bicyclic) bond motifs is 1.